The quantitative estimate of drug-likeness (QED) is 0.777. The predicted octanol–water partition coefficient (Wildman–Crippen LogP) is 2.35. The summed E-state index contributed by atoms with van der Waals surface area (Å²) in [6.07, 6.45) is 8.14. The number of benzene rings is 1. The van der Waals surface area contributed by atoms with Crippen LogP contribution in [0.4, 0.5) is 0 Å². The molecule has 0 radical (unpaired) electrons. The Hall–Kier alpha value is -2.30. The second-order valence-corrected chi connectivity index (χ2v) is 8.88. The Kier molecular flexibility index (Phi) is 4.61. The van der Waals surface area contributed by atoms with Gasteiger partial charge in [0.2, 0.25) is 0 Å². The number of carbonyl (C=O) groups excluding carboxylic acids is 1. The van der Waals surface area contributed by atoms with Gasteiger partial charge < -0.3 is 24.6 Å². The summed E-state index contributed by atoms with van der Waals surface area (Å²) in [6.45, 7) is 6.24. The number of ether oxygens (including phenoxy) is 2. The Balaban J connectivity index is 1.38. The normalized spacial score (nSPS) is 27.4. The highest BCUT2D eigenvalue weighted by molar-refractivity contribution is 7.51. The van der Waals surface area contributed by atoms with Gasteiger partial charge in [-0.15, -0.1) is 0 Å². The molecule has 1 fully saturated rings. The molecule has 3 atom stereocenters. The van der Waals surface area contributed by atoms with E-state index in [1.165, 1.54) is 0 Å². The average Bonchev–Trinajstić information content (AvgIpc) is 2.73. The molecule has 1 saturated heterocycles. The molecule has 0 bridgehead atoms. The summed E-state index contributed by atoms with van der Waals surface area (Å²) in [5.41, 5.74) is 2.16. The number of hydrogen-bond acceptors (Lipinski definition) is 5. The van der Waals surface area contributed by atoms with Gasteiger partial charge in [0.1, 0.15) is 13.2 Å². The van der Waals surface area contributed by atoms with Gasteiger partial charge in [0.25, 0.3) is 5.91 Å². The lowest BCUT2D eigenvalue weighted by Gasteiger charge is -2.39. The lowest BCUT2D eigenvalue weighted by Crippen LogP contribution is -2.49. The molecule has 6 nitrogen and oxygen atoms in total. The summed E-state index contributed by atoms with van der Waals surface area (Å²) in [6, 6.07) is 6.41. The smallest absolute Gasteiger partial charge is 0.252 e. The van der Waals surface area contributed by atoms with Crippen molar-refractivity contribution in [2.24, 2.45) is 0 Å². The first-order valence-corrected chi connectivity index (χ1v) is 10.8. The molecule has 146 valence electrons. The van der Waals surface area contributed by atoms with Crippen LogP contribution in [0.1, 0.15) is 12.5 Å². The molecule has 4 aliphatic heterocycles. The second-order valence-electron chi connectivity index (χ2n) is 7.47. The zero-order valence-electron chi connectivity index (χ0n) is 15.9. The maximum absolute atomic E-state index is 12.9. The van der Waals surface area contributed by atoms with E-state index in [1.807, 2.05) is 29.3 Å². The van der Waals surface area contributed by atoms with E-state index in [4.69, 9.17) is 9.47 Å². The van der Waals surface area contributed by atoms with Crippen LogP contribution in [0.3, 0.4) is 0 Å². The van der Waals surface area contributed by atoms with Crippen molar-refractivity contribution in [2.45, 2.75) is 18.7 Å². The summed E-state index contributed by atoms with van der Waals surface area (Å²) in [4.78, 5) is 17.1. The molecular formula is C21H24N3O3P. The summed E-state index contributed by atoms with van der Waals surface area (Å²) < 4.78 is 11.3. The third-order valence-electron chi connectivity index (χ3n) is 5.43. The summed E-state index contributed by atoms with van der Waals surface area (Å²) in [5, 5.41) is 4.53. The van der Waals surface area contributed by atoms with Crippen molar-refractivity contribution in [1.29, 1.82) is 0 Å². The summed E-state index contributed by atoms with van der Waals surface area (Å²) in [7, 11) is 0.500. The van der Waals surface area contributed by atoms with Crippen LogP contribution < -0.4 is 14.8 Å². The maximum atomic E-state index is 12.9. The highest BCUT2D eigenvalue weighted by Crippen LogP contribution is 2.46. The highest BCUT2D eigenvalue weighted by atomic mass is 31.1. The standard InChI is InChI=1S/C21H24N3O3P/c1-14-12-23(7-6-22-14)16-3-5-21-24(13-16)20(25)11-19(28-21)15-2-4-17-18(10-15)27-9-8-26-17/h2-5,10-11,13-14,21-22,28H,6-9,12H2,1H3/t14-,21?/m1/s1. The predicted molar refractivity (Wildman–Crippen MR) is 111 cm³/mol. The van der Waals surface area contributed by atoms with Gasteiger partial charge in [0.15, 0.2) is 11.5 Å². The van der Waals surface area contributed by atoms with Crippen molar-refractivity contribution >= 4 is 19.8 Å². The fourth-order valence-corrected chi connectivity index (χ4v) is 5.38. The Morgan fingerprint density at radius 3 is 2.93 bits per heavy atom. The molecule has 0 spiro atoms. The van der Waals surface area contributed by atoms with Crippen molar-refractivity contribution in [2.75, 3.05) is 32.8 Å². The van der Waals surface area contributed by atoms with E-state index in [0.717, 1.165) is 47.7 Å². The van der Waals surface area contributed by atoms with Gasteiger partial charge in [-0.3, -0.25) is 4.79 Å². The van der Waals surface area contributed by atoms with Crippen LogP contribution in [-0.2, 0) is 4.79 Å². The summed E-state index contributed by atoms with van der Waals surface area (Å²) in [5.74, 6) is 1.67. The molecule has 28 heavy (non-hydrogen) atoms. The zero-order valence-corrected chi connectivity index (χ0v) is 16.9. The number of carbonyl (C=O) groups is 1. The third kappa shape index (κ3) is 3.31. The number of nitrogens with zero attached hydrogens (tertiary/aromatic N) is 2. The molecule has 1 aromatic rings. The van der Waals surface area contributed by atoms with Gasteiger partial charge in [0.05, 0.1) is 11.5 Å². The topological polar surface area (TPSA) is 54.0 Å². The van der Waals surface area contributed by atoms with E-state index in [1.54, 1.807) is 6.08 Å². The highest BCUT2D eigenvalue weighted by Gasteiger charge is 2.30. The SMILES string of the molecule is C[C@@H]1CN(C2=CN3C(=O)C=C(c4ccc5c(c4)OCCO5)PC3C=C2)CCN1. The van der Waals surface area contributed by atoms with Crippen molar-refractivity contribution < 1.29 is 14.3 Å². The minimum atomic E-state index is 0.0404. The molecule has 5 rings (SSSR count). The molecular weight excluding hydrogens is 373 g/mol. The fraction of sp³-hybridized carbons (Fsp3) is 0.381. The van der Waals surface area contributed by atoms with Crippen LogP contribution in [0.15, 0.2) is 48.3 Å². The third-order valence-corrected chi connectivity index (χ3v) is 6.94. The molecule has 4 heterocycles. The van der Waals surface area contributed by atoms with E-state index in [0.29, 0.717) is 27.8 Å². The van der Waals surface area contributed by atoms with Crippen LogP contribution >= 0.6 is 8.58 Å². The largest absolute Gasteiger partial charge is 0.486 e. The monoisotopic (exact) mass is 397 g/mol. The first-order valence-electron chi connectivity index (χ1n) is 9.76. The summed E-state index contributed by atoms with van der Waals surface area (Å²) >= 11 is 0. The first kappa shape index (κ1) is 17.8. The molecule has 2 unspecified atom stereocenters. The Bertz CT molecular complexity index is 895. The van der Waals surface area contributed by atoms with E-state index in [-0.39, 0.29) is 11.7 Å². The van der Waals surface area contributed by atoms with Crippen molar-refractivity contribution in [1.82, 2.24) is 15.1 Å². The van der Waals surface area contributed by atoms with Crippen molar-refractivity contribution in [3.05, 3.63) is 53.9 Å². The second kappa shape index (κ2) is 7.26. The van der Waals surface area contributed by atoms with Gasteiger partial charge in [0, 0.05) is 38.0 Å². The molecule has 0 aliphatic carbocycles. The lowest BCUT2D eigenvalue weighted by molar-refractivity contribution is -0.123. The van der Waals surface area contributed by atoms with Crippen LogP contribution in [-0.4, -0.2) is 60.4 Å². The molecule has 4 aliphatic rings. The number of nitrogens with one attached hydrogen (secondary N) is 1. The Morgan fingerprint density at radius 2 is 2.07 bits per heavy atom. The minimum Gasteiger partial charge on any atom is -0.486 e. The Labute approximate surface area is 166 Å². The fourth-order valence-electron chi connectivity index (χ4n) is 4.00. The number of rotatable bonds is 2. The van der Waals surface area contributed by atoms with Gasteiger partial charge in [-0.05, 0) is 36.0 Å². The zero-order chi connectivity index (χ0) is 19.1. The number of allylic oxidation sites excluding steroid dienone is 1. The minimum absolute atomic E-state index is 0.0404. The molecule has 1 N–H and O–H groups in total. The lowest BCUT2D eigenvalue weighted by atomic mass is 10.1. The first-order chi connectivity index (χ1) is 13.7. The van der Waals surface area contributed by atoms with E-state index in [9.17, 15) is 4.79 Å². The average molecular weight is 397 g/mol. The van der Waals surface area contributed by atoms with Crippen LogP contribution in [0.5, 0.6) is 11.5 Å². The number of hydrogen-bond donors (Lipinski definition) is 1. The van der Waals surface area contributed by atoms with Gasteiger partial charge in [-0.1, -0.05) is 20.7 Å². The van der Waals surface area contributed by atoms with Gasteiger partial charge >= 0.3 is 0 Å². The van der Waals surface area contributed by atoms with Crippen molar-refractivity contribution in [3.63, 3.8) is 0 Å². The molecule has 0 saturated carbocycles. The van der Waals surface area contributed by atoms with Crippen LogP contribution in [0, 0.1) is 0 Å². The number of piperazine rings is 1. The molecule has 1 aromatic carbocycles. The van der Waals surface area contributed by atoms with E-state index >= 15 is 0 Å². The molecule has 7 heteroatoms. The van der Waals surface area contributed by atoms with Crippen molar-refractivity contribution in [3.8, 4) is 11.5 Å². The van der Waals surface area contributed by atoms with Crippen LogP contribution in [0.2, 0.25) is 0 Å². The molecule has 0 aromatic heterocycles. The number of amides is 1. The Morgan fingerprint density at radius 1 is 1.21 bits per heavy atom. The van der Waals surface area contributed by atoms with Gasteiger partial charge in [-0.2, -0.15) is 0 Å². The van der Waals surface area contributed by atoms with Gasteiger partial charge in [-0.25, -0.2) is 0 Å². The van der Waals surface area contributed by atoms with E-state index in [2.05, 4.69) is 29.3 Å². The van der Waals surface area contributed by atoms with E-state index < -0.39 is 0 Å². The maximum Gasteiger partial charge on any atom is 0.252 e. The molecule has 1 amide bonds. The van der Waals surface area contributed by atoms with Crippen LogP contribution in [0.25, 0.3) is 5.31 Å². The number of fused-ring (bicyclic) bond motifs is 2.